The average molecular weight is 428 g/mol. The van der Waals surface area contributed by atoms with Gasteiger partial charge >= 0.3 is 0 Å². The van der Waals surface area contributed by atoms with E-state index in [0.29, 0.717) is 11.3 Å². The van der Waals surface area contributed by atoms with Crippen molar-refractivity contribution in [2.75, 3.05) is 31.9 Å². The molecule has 1 amide bonds. The second kappa shape index (κ2) is 11.4. The number of nitrogens with zero attached hydrogens (tertiary/aromatic N) is 1. The molecule has 0 spiro atoms. The summed E-state index contributed by atoms with van der Waals surface area (Å²) in [5, 5.41) is 9.37. The van der Waals surface area contributed by atoms with Gasteiger partial charge in [-0.2, -0.15) is 11.8 Å². The maximum absolute atomic E-state index is 11.6. The van der Waals surface area contributed by atoms with E-state index in [1.54, 1.807) is 0 Å². The first-order valence-corrected chi connectivity index (χ1v) is 8.51. The molecule has 7 heteroatoms. The summed E-state index contributed by atoms with van der Waals surface area (Å²) in [6.45, 7) is 8.93. The van der Waals surface area contributed by atoms with Gasteiger partial charge in [0.1, 0.15) is 6.54 Å². The molecule has 0 aromatic heterocycles. The fourth-order valence-electron chi connectivity index (χ4n) is 2.06. The summed E-state index contributed by atoms with van der Waals surface area (Å²) in [4.78, 5) is 15.9. The van der Waals surface area contributed by atoms with E-state index < -0.39 is 0 Å². The van der Waals surface area contributed by atoms with Crippen molar-refractivity contribution < 1.29 is 4.79 Å². The van der Waals surface area contributed by atoms with Crippen LogP contribution in [0.5, 0.6) is 0 Å². The summed E-state index contributed by atoms with van der Waals surface area (Å²) < 4.78 is 0.292. The van der Waals surface area contributed by atoms with E-state index in [2.05, 4.69) is 27.9 Å². The van der Waals surface area contributed by atoms with Crippen LogP contribution in [0.25, 0.3) is 0 Å². The van der Waals surface area contributed by atoms with Crippen molar-refractivity contribution in [1.82, 2.24) is 16.0 Å². The number of carbonyl (C=O) groups is 1. The number of hydrogen-bond donors (Lipinski definition) is 3. The Balaban J connectivity index is 0.00000400. The molecule has 1 unspecified atom stereocenters. The molecule has 5 nitrogen and oxygen atoms in total. The molecule has 0 aliphatic carbocycles. The molecule has 0 radical (unpaired) electrons. The number of halogens is 1. The number of guanidine groups is 1. The highest BCUT2D eigenvalue weighted by molar-refractivity contribution is 14.0. The lowest BCUT2D eigenvalue weighted by molar-refractivity contribution is -0.119. The Labute approximate surface area is 149 Å². The van der Waals surface area contributed by atoms with E-state index in [4.69, 9.17) is 0 Å². The van der Waals surface area contributed by atoms with E-state index in [9.17, 15) is 4.79 Å². The average Bonchev–Trinajstić information content (AvgIpc) is 2.87. The van der Waals surface area contributed by atoms with Crippen molar-refractivity contribution in [3.63, 3.8) is 0 Å². The van der Waals surface area contributed by atoms with Crippen molar-refractivity contribution in [3.8, 4) is 0 Å². The minimum atomic E-state index is -0.0227. The molecule has 1 fully saturated rings. The first-order chi connectivity index (χ1) is 9.59. The fourth-order valence-corrected chi connectivity index (χ4v) is 3.30. The van der Waals surface area contributed by atoms with Gasteiger partial charge in [0, 0.05) is 24.4 Å². The minimum absolute atomic E-state index is 0. The Hall–Kier alpha value is -0.180. The zero-order chi connectivity index (χ0) is 14.8. The molecule has 1 heterocycles. The Morgan fingerprint density at radius 3 is 2.62 bits per heavy atom. The van der Waals surface area contributed by atoms with Crippen LogP contribution in [0.3, 0.4) is 0 Å². The van der Waals surface area contributed by atoms with Crippen LogP contribution < -0.4 is 16.0 Å². The van der Waals surface area contributed by atoms with Gasteiger partial charge in [-0.3, -0.25) is 4.79 Å². The number of thioether (sulfide) groups is 1. The van der Waals surface area contributed by atoms with Crippen LogP contribution in [-0.4, -0.2) is 48.5 Å². The van der Waals surface area contributed by atoms with E-state index in [1.165, 1.54) is 18.6 Å². The third-order valence-corrected chi connectivity index (χ3v) is 4.77. The summed E-state index contributed by atoms with van der Waals surface area (Å²) >= 11 is 2.02. The van der Waals surface area contributed by atoms with Gasteiger partial charge in [-0.05, 0) is 38.9 Å². The monoisotopic (exact) mass is 428 g/mol. The van der Waals surface area contributed by atoms with Crippen LogP contribution in [0.15, 0.2) is 4.99 Å². The smallest absolute Gasteiger partial charge is 0.241 e. The molecule has 1 aliphatic rings. The van der Waals surface area contributed by atoms with Gasteiger partial charge in [0.05, 0.1) is 0 Å². The Kier molecular flexibility index (Phi) is 11.3. The lowest BCUT2D eigenvalue weighted by atomic mass is 10.1. The number of hydrogen-bond acceptors (Lipinski definition) is 3. The van der Waals surface area contributed by atoms with E-state index in [0.717, 1.165) is 25.5 Å². The molecule has 21 heavy (non-hydrogen) atoms. The van der Waals surface area contributed by atoms with E-state index in [-0.39, 0.29) is 36.4 Å². The molecular formula is C14H29IN4OS. The predicted octanol–water partition coefficient (Wildman–Crippen LogP) is 1.97. The lowest BCUT2D eigenvalue weighted by Gasteiger charge is -2.24. The highest BCUT2D eigenvalue weighted by atomic mass is 127. The molecule has 1 atom stereocenters. The van der Waals surface area contributed by atoms with Gasteiger partial charge in [-0.25, -0.2) is 4.99 Å². The SMILES string of the molecule is CCCNC(=O)CN=C(NCC)NCC1(C)CCCS1.I. The van der Waals surface area contributed by atoms with Gasteiger partial charge in [0.25, 0.3) is 0 Å². The summed E-state index contributed by atoms with van der Waals surface area (Å²) in [7, 11) is 0. The van der Waals surface area contributed by atoms with Gasteiger partial charge < -0.3 is 16.0 Å². The second-order valence-corrected chi connectivity index (χ2v) is 6.98. The standard InChI is InChI=1S/C14H28N4OS.HI/c1-4-8-16-12(19)10-17-13(15-5-2)18-11-14(3)7-6-9-20-14;/h4-11H2,1-3H3,(H,16,19)(H2,15,17,18);1H. The summed E-state index contributed by atoms with van der Waals surface area (Å²) in [6, 6.07) is 0. The molecule has 0 bridgehead atoms. The topological polar surface area (TPSA) is 65.5 Å². The number of aliphatic imine (C=N–C) groups is 1. The maximum atomic E-state index is 11.6. The van der Waals surface area contributed by atoms with E-state index >= 15 is 0 Å². The van der Waals surface area contributed by atoms with Crippen LogP contribution in [0.2, 0.25) is 0 Å². The number of nitrogens with one attached hydrogen (secondary N) is 3. The summed E-state index contributed by atoms with van der Waals surface area (Å²) in [5.74, 6) is 1.95. The number of carbonyl (C=O) groups excluding carboxylic acids is 1. The molecule has 124 valence electrons. The third-order valence-electron chi connectivity index (χ3n) is 3.23. The van der Waals surface area contributed by atoms with Gasteiger partial charge in [0.15, 0.2) is 5.96 Å². The highest BCUT2D eigenvalue weighted by Gasteiger charge is 2.29. The summed E-state index contributed by atoms with van der Waals surface area (Å²) in [6.07, 6.45) is 3.47. The van der Waals surface area contributed by atoms with Crippen LogP contribution >= 0.6 is 35.7 Å². The zero-order valence-electron chi connectivity index (χ0n) is 13.3. The maximum Gasteiger partial charge on any atom is 0.241 e. The van der Waals surface area contributed by atoms with Crippen molar-refractivity contribution in [3.05, 3.63) is 0 Å². The predicted molar refractivity (Wildman–Crippen MR) is 103 cm³/mol. The Morgan fingerprint density at radius 1 is 1.29 bits per heavy atom. The van der Waals surface area contributed by atoms with Crippen molar-refractivity contribution in [2.24, 2.45) is 4.99 Å². The van der Waals surface area contributed by atoms with Gasteiger partial charge in [0.2, 0.25) is 5.91 Å². The quantitative estimate of drug-likeness (QED) is 0.330. The molecule has 0 saturated carbocycles. The molecule has 1 saturated heterocycles. The van der Waals surface area contributed by atoms with Crippen molar-refractivity contribution >= 4 is 47.6 Å². The summed E-state index contributed by atoms with van der Waals surface area (Å²) in [5.41, 5.74) is 0. The molecule has 1 rings (SSSR count). The van der Waals surface area contributed by atoms with Crippen LogP contribution in [0, 0.1) is 0 Å². The van der Waals surface area contributed by atoms with Crippen molar-refractivity contribution in [1.29, 1.82) is 0 Å². The number of amides is 1. The highest BCUT2D eigenvalue weighted by Crippen LogP contribution is 2.36. The first-order valence-electron chi connectivity index (χ1n) is 7.52. The van der Waals surface area contributed by atoms with Crippen molar-refractivity contribution in [2.45, 2.75) is 44.8 Å². The molecular weight excluding hydrogens is 399 g/mol. The fraction of sp³-hybridized carbons (Fsp3) is 0.857. The lowest BCUT2D eigenvalue weighted by Crippen LogP contribution is -2.44. The Bertz CT molecular complexity index is 333. The van der Waals surface area contributed by atoms with Gasteiger partial charge in [-0.1, -0.05) is 6.92 Å². The molecule has 0 aromatic rings. The zero-order valence-corrected chi connectivity index (χ0v) is 16.5. The Morgan fingerprint density at radius 2 is 2.05 bits per heavy atom. The molecule has 0 aromatic carbocycles. The minimum Gasteiger partial charge on any atom is -0.357 e. The van der Waals surface area contributed by atoms with Crippen LogP contribution in [0.4, 0.5) is 0 Å². The first kappa shape index (κ1) is 20.8. The molecule has 3 N–H and O–H groups in total. The second-order valence-electron chi connectivity index (χ2n) is 5.30. The van der Waals surface area contributed by atoms with Crippen LogP contribution in [0.1, 0.15) is 40.0 Å². The van der Waals surface area contributed by atoms with Crippen LogP contribution in [-0.2, 0) is 4.79 Å². The number of rotatable bonds is 7. The normalized spacial score (nSPS) is 21.6. The molecule has 1 aliphatic heterocycles. The van der Waals surface area contributed by atoms with Gasteiger partial charge in [-0.15, -0.1) is 24.0 Å². The van der Waals surface area contributed by atoms with E-state index in [1.807, 2.05) is 25.6 Å². The third kappa shape index (κ3) is 8.75. The largest absolute Gasteiger partial charge is 0.357 e.